The Morgan fingerprint density at radius 2 is 2.25 bits per heavy atom. The molecule has 1 aliphatic heterocycles. The van der Waals surface area contributed by atoms with E-state index in [0.29, 0.717) is 24.5 Å². The number of aromatic nitrogens is 2. The molecule has 2 heterocycles. The quantitative estimate of drug-likeness (QED) is 0.871. The number of benzene rings is 1. The Morgan fingerprint density at radius 3 is 3.00 bits per heavy atom. The standard InChI is InChI=1S/C17H18N4O3/c1-24-13-4-2-3-12(7-13)14-8-15(20-10-19-14)21-17(23)6-11-5-16(22)18-9-11/h2-4,7-8,10-11H,5-6,9H2,1H3,(H,18,22)(H,19,20,21,23). The van der Waals surface area contributed by atoms with Crippen LogP contribution >= 0.6 is 0 Å². The van der Waals surface area contributed by atoms with E-state index in [1.165, 1.54) is 6.33 Å². The van der Waals surface area contributed by atoms with Crippen LogP contribution in [0.1, 0.15) is 12.8 Å². The molecule has 3 rings (SSSR count). The number of nitrogens with zero attached hydrogens (tertiary/aromatic N) is 2. The Hall–Kier alpha value is -2.96. The van der Waals surface area contributed by atoms with Crippen LogP contribution in [-0.2, 0) is 9.59 Å². The molecule has 124 valence electrons. The van der Waals surface area contributed by atoms with Gasteiger partial charge in [0.25, 0.3) is 0 Å². The molecule has 0 radical (unpaired) electrons. The minimum absolute atomic E-state index is 0.00449. The summed E-state index contributed by atoms with van der Waals surface area (Å²) in [5.74, 6) is 1.04. The molecule has 0 bridgehead atoms. The van der Waals surface area contributed by atoms with Gasteiger partial charge in [-0.15, -0.1) is 0 Å². The molecule has 1 saturated heterocycles. The van der Waals surface area contributed by atoms with Gasteiger partial charge in [-0.3, -0.25) is 9.59 Å². The second-order valence-electron chi connectivity index (χ2n) is 5.65. The van der Waals surface area contributed by atoms with Gasteiger partial charge in [-0.2, -0.15) is 0 Å². The molecule has 24 heavy (non-hydrogen) atoms. The highest BCUT2D eigenvalue weighted by atomic mass is 16.5. The average molecular weight is 326 g/mol. The first-order valence-electron chi connectivity index (χ1n) is 7.67. The topological polar surface area (TPSA) is 93.2 Å². The second kappa shape index (κ2) is 7.08. The van der Waals surface area contributed by atoms with Crippen LogP contribution in [0.15, 0.2) is 36.7 Å². The van der Waals surface area contributed by atoms with Gasteiger partial charge in [-0.05, 0) is 18.1 Å². The maximum absolute atomic E-state index is 12.1. The van der Waals surface area contributed by atoms with Crippen LogP contribution < -0.4 is 15.4 Å². The second-order valence-corrected chi connectivity index (χ2v) is 5.65. The molecule has 1 aliphatic rings. The highest BCUT2D eigenvalue weighted by Crippen LogP contribution is 2.23. The zero-order valence-corrected chi connectivity index (χ0v) is 13.3. The molecule has 1 aromatic carbocycles. The van der Waals surface area contributed by atoms with Crippen molar-refractivity contribution in [3.05, 3.63) is 36.7 Å². The van der Waals surface area contributed by atoms with Gasteiger partial charge in [0, 0.05) is 31.0 Å². The number of amides is 2. The molecule has 0 spiro atoms. The van der Waals surface area contributed by atoms with Crippen LogP contribution in [0.2, 0.25) is 0 Å². The number of ether oxygens (including phenoxy) is 1. The Balaban J connectivity index is 1.68. The van der Waals surface area contributed by atoms with Crippen molar-refractivity contribution in [2.24, 2.45) is 5.92 Å². The lowest BCUT2D eigenvalue weighted by Crippen LogP contribution is -2.19. The van der Waals surface area contributed by atoms with Gasteiger partial charge in [0.05, 0.1) is 12.8 Å². The van der Waals surface area contributed by atoms with E-state index in [9.17, 15) is 9.59 Å². The largest absolute Gasteiger partial charge is 0.497 e. The highest BCUT2D eigenvalue weighted by molar-refractivity contribution is 5.91. The van der Waals surface area contributed by atoms with Gasteiger partial charge >= 0.3 is 0 Å². The Kier molecular flexibility index (Phi) is 4.69. The van der Waals surface area contributed by atoms with Gasteiger partial charge in [0.2, 0.25) is 11.8 Å². The first-order valence-corrected chi connectivity index (χ1v) is 7.67. The predicted molar refractivity (Wildman–Crippen MR) is 88.4 cm³/mol. The Morgan fingerprint density at radius 1 is 1.38 bits per heavy atom. The molecule has 2 amide bonds. The van der Waals surface area contributed by atoms with Crippen molar-refractivity contribution in [2.75, 3.05) is 19.0 Å². The molecule has 1 atom stereocenters. The van der Waals surface area contributed by atoms with Crippen molar-refractivity contribution in [2.45, 2.75) is 12.8 Å². The fraction of sp³-hybridized carbons (Fsp3) is 0.294. The first-order chi connectivity index (χ1) is 11.6. The average Bonchev–Trinajstić information content (AvgIpc) is 3.00. The van der Waals surface area contributed by atoms with Crippen LogP contribution in [0.25, 0.3) is 11.3 Å². The molecule has 0 aliphatic carbocycles. The van der Waals surface area contributed by atoms with E-state index < -0.39 is 0 Å². The SMILES string of the molecule is COc1cccc(-c2cc(NC(=O)CC3CNC(=O)C3)ncn2)c1. The van der Waals surface area contributed by atoms with Gasteiger partial charge in [-0.1, -0.05) is 12.1 Å². The lowest BCUT2D eigenvalue weighted by molar-refractivity contribution is -0.119. The summed E-state index contributed by atoms with van der Waals surface area (Å²) in [7, 11) is 1.60. The van der Waals surface area contributed by atoms with E-state index in [2.05, 4.69) is 20.6 Å². The maximum Gasteiger partial charge on any atom is 0.225 e. The number of methoxy groups -OCH3 is 1. The summed E-state index contributed by atoms with van der Waals surface area (Å²) in [5.41, 5.74) is 1.56. The smallest absolute Gasteiger partial charge is 0.225 e. The van der Waals surface area contributed by atoms with Crippen LogP contribution in [0.5, 0.6) is 5.75 Å². The van der Waals surface area contributed by atoms with Gasteiger partial charge in [-0.25, -0.2) is 9.97 Å². The molecular weight excluding hydrogens is 308 g/mol. The molecule has 1 unspecified atom stereocenters. The van der Waals surface area contributed by atoms with Crippen molar-refractivity contribution in [1.82, 2.24) is 15.3 Å². The van der Waals surface area contributed by atoms with Crippen molar-refractivity contribution < 1.29 is 14.3 Å². The molecule has 7 heteroatoms. The lowest BCUT2D eigenvalue weighted by atomic mass is 10.0. The molecule has 7 nitrogen and oxygen atoms in total. The van der Waals surface area contributed by atoms with Crippen LogP contribution in [0.4, 0.5) is 5.82 Å². The normalized spacial score (nSPS) is 16.5. The number of nitrogens with one attached hydrogen (secondary N) is 2. The van der Waals surface area contributed by atoms with Gasteiger partial charge in [0.15, 0.2) is 0 Å². The molecule has 2 N–H and O–H groups in total. The summed E-state index contributed by atoms with van der Waals surface area (Å²) in [4.78, 5) is 31.6. The molecule has 0 saturated carbocycles. The zero-order valence-electron chi connectivity index (χ0n) is 13.3. The van der Waals surface area contributed by atoms with E-state index in [-0.39, 0.29) is 24.2 Å². The van der Waals surface area contributed by atoms with Crippen molar-refractivity contribution >= 4 is 17.6 Å². The number of anilines is 1. The zero-order chi connectivity index (χ0) is 16.9. The summed E-state index contributed by atoms with van der Waals surface area (Å²) >= 11 is 0. The predicted octanol–water partition coefficient (Wildman–Crippen LogP) is 1.62. The monoisotopic (exact) mass is 326 g/mol. The number of carbonyl (C=O) groups is 2. The van der Waals surface area contributed by atoms with Crippen molar-refractivity contribution in [1.29, 1.82) is 0 Å². The summed E-state index contributed by atoms with van der Waals surface area (Å²) in [6.07, 6.45) is 2.09. The Bertz CT molecular complexity index is 763. The van der Waals surface area contributed by atoms with E-state index in [1.807, 2.05) is 24.3 Å². The third kappa shape index (κ3) is 3.87. The summed E-state index contributed by atoms with van der Waals surface area (Å²) in [6.45, 7) is 0.547. The van der Waals surface area contributed by atoms with Gasteiger partial charge in [0.1, 0.15) is 17.9 Å². The fourth-order valence-electron chi connectivity index (χ4n) is 2.63. The van der Waals surface area contributed by atoms with Gasteiger partial charge < -0.3 is 15.4 Å². The van der Waals surface area contributed by atoms with Crippen LogP contribution in [0.3, 0.4) is 0 Å². The summed E-state index contributed by atoms with van der Waals surface area (Å²) in [5, 5.41) is 5.49. The molecule has 2 aromatic rings. The van der Waals surface area contributed by atoms with Crippen molar-refractivity contribution in [3.63, 3.8) is 0 Å². The van der Waals surface area contributed by atoms with E-state index in [1.54, 1.807) is 13.2 Å². The van der Waals surface area contributed by atoms with E-state index >= 15 is 0 Å². The molecular formula is C17H18N4O3. The molecule has 1 aromatic heterocycles. The third-order valence-electron chi connectivity index (χ3n) is 3.84. The summed E-state index contributed by atoms with van der Waals surface area (Å²) < 4.78 is 5.21. The maximum atomic E-state index is 12.1. The molecule has 1 fully saturated rings. The lowest BCUT2D eigenvalue weighted by Gasteiger charge is -2.09. The first kappa shape index (κ1) is 15.9. The highest BCUT2D eigenvalue weighted by Gasteiger charge is 2.23. The van der Waals surface area contributed by atoms with E-state index in [4.69, 9.17) is 4.74 Å². The number of hydrogen-bond donors (Lipinski definition) is 2. The van der Waals surface area contributed by atoms with Crippen LogP contribution in [0, 0.1) is 5.92 Å². The Labute approximate surface area is 139 Å². The third-order valence-corrected chi connectivity index (χ3v) is 3.84. The number of carbonyl (C=O) groups excluding carboxylic acids is 2. The fourth-order valence-corrected chi connectivity index (χ4v) is 2.63. The van der Waals surface area contributed by atoms with E-state index in [0.717, 1.165) is 11.3 Å². The summed E-state index contributed by atoms with van der Waals surface area (Å²) in [6, 6.07) is 9.21. The minimum Gasteiger partial charge on any atom is -0.497 e. The van der Waals surface area contributed by atoms with Crippen molar-refractivity contribution in [3.8, 4) is 17.0 Å². The number of rotatable bonds is 5. The minimum atomic E-state index is -0.160. The number of hydrogen-bond acceptors (Lipinski definition) is 5. The van der Waals surface area contributed by atoms with Crippen LogP contribution in [-0.4, -0.2) is 35.4 Å².